The molecule has 2 nitrogen and oxygen atoms in total. The molecule has 2 rings (SSSR count). The van der Waals surface area contributed by atoms with E-state index in [1.165, 1.54) is 56.4 Å². The molecule has 0 aliphatic carbocycles. The number of hydrogen-bond donors (Lipinski definition) is 1. The summed E-state index contributed by atoms with van der Waals surface area (Å²) in [5, 5.41) is 3.20. The lowest BCUT2D eigenvalue weighted by Gasteiger charge is -2.32. The maximum atomic E-state index is 3.20. The van der Waals surface area contributed by atoms with Crippen molar-refractivity contribution >= 4 is 5.69 Å². The molecule has 1 aromatic rings. The van der Waals surface area contributed by atoms with E-state index in [0.717, 1.165) is 12.5 Å². The Morgan fingerprint density at radius 2 is 1.79 bits per heavy atom. The monoisotopic (exact) mass is 260 g/mol. The van der Waals surface area contributed by atoms with Crippen molar-refractivity contribution in [2.24, 2.45) is 5.92 Å². The first-order valence-corrected chi connectivity index (χ1v) is 7.78. The highest BCUT2D eigenvalue weighted by Gasteiger charge is 2.15. The lowest BCUT2D eigenvalue weighted by atomic mass is 9.98. The Morgan fingerprint density at radius 1 is 1.11 bits per heavy atom. The van der Waals surface area contributed by atoms with Gasteiger partial charge in [-0.1, -0.05) is 19.1 Å². The molecule has 2 heteroatoms. The molecule has 1 aliphatic heterocycles. The number of nitrogens with zero attached hydrogens (tertiary/aromatic N) is 1. The first kappa shape index (κ1) is 14.4. The molecule has 1 heterocycles. The molecule has 1 saturated heterocycles. The van der Waals surface area contributed by atoms with E-state index in [-0.39, 0.29) is 0 Å². The van der Waals surface area contributed by atoms with Gasteiger partial charge in [-0.05, 0) is 69.3 Å². The van der Waals surface area contributed by atoms with Crippen molar-refractivity contribution in [3.8, 4) is 0 Å². The fourth-order valence-corrected chi connectivity index (χ4v) is 2.77. The molecule has 0 spiro atoms. The summed E-state index contributed by atoms with van der Waals surface area (Å²) in [6.45, 7) is 5.95. The highest BCUT2D eigenvalue weighted by Crippen LogP contribution is 2.23. The van der Waals surface area contributed by atoms with E-state index in [1.54, 1.807) is 0 Å². The molecule has 19 heavy (non-hydrogen) atoms. The van der Waals surface area contributed by atoms with Crippen molar-refractivity contribution in [1.82, 2.24) is 5.32 Å². The molecule has 0 radical (unpaired) electrons. The lowest BCUT2D eigenvalue weighted by molar-refractivity contribution is 0.438. The van der Waals surface area contributed by atoms with E-state index in [9.17, 15) is 0 Å². The first-order chi connectivity index (χ1) is 9.29. The van der Waals surface area contributed by atoms with Crippen molar-refractivity contribution in [2.75, 3.05) is 31.6 Å². The second-order valence-electron chi connectivity index (χ2n) is 5.90. The molecule has 1 aromatic carbocycles. The standard InChI is InChI=1S/C17H28N2/c1-15-10-13-19(14-11-15)17-8-6-16(7-9-17)5-3-4-12-18-2/h6-9,15,18H,3-5,10-14H2,1-2H3. The topological polar surface area (TPSA) is 15.3 Å². The smallest absolute Gasteiger partial charge is 0.0366 e. The predicted molar refractivity (Wildman–Crippen MR) is 83.9 cm³/mol. The Kier molecular flexibility index (Phi) is 5.71. The number of benzene rings is 1. The molecule has 0 bridgehead atoms. The van der Waals surface area contributed by atoms with E-state index in [4.69, 9.17) is 0 Å². The SMILES string of the molecule is CNCCCCc1ccc(N2CCC(C)CC2)cc1. The Labute approximate surface area is 118 Å². The zero-order valence-electron chi connectivity index (χ0n) is 12.5. The van der Waals surface area contributed by atoms with Gasteiger partial charge in [0.2, 0.25) is 0 Å². The first-order valence-electron chi connectivity index (χ1n) is 7.78. The molecule has 0 atom stereocenters. The fraction of sp³-hybridized carbons (Fsp3) is 0.647. The summed E-state index contributed by atoms with van der Waals surface area (Å²) in [7, 11) is 2.02. The summed E-state index contributed by atoms with van der Waals surface area (Å²) < 4.78 is 0. The van der Waals surface area contributed by atoms with E-state index in [0.29, 0.717) is 0 Å². The molecular weight excluding hydrogens is 232 g/mol. The van der Waals surface area contributed by atoms with Crippen molar-refractivity contribution in [1.29, 1.82) is 0 Å². The Morgan fingerprint density at radius 3 is 2.42 bits per heavy atom. The molecule has 0 unspecified atom stereocenters. The summed E-state index contributed by atoms with van der Waals surface area (Å²) >= 11 is 0. The third-order valence-corrected chi connectivity index (χ3v) is 4.23. The van der Waals surface area contributed by atoms with Crippen LogP contribution in [0.1, 0.15) is 38.2 Å². The normalized spacial score (nSPS) is 16.8. The number of anilines is 1. The van der Waals surface area contributed by atoms with Gasteiger partial charge in [-0.3, -0.25) is 0 Å². The van der Waals surface area contributed by atoms with Crippen LogP contribution in [-0.4, -0.2) is 26.7 Å². The predicted octanol–water partition coefficient (Wildman–Crippen LogP) is 3.47. The Bertz CT molecular complexity index is 350. The zero-order valence-corrected chi connectivity index (χ0v) is 12.5. The van der Waals surface area contributed by atoms with Gasteiger partial charge in [0, 0.05) is 18.8 Å². The molecule has 0 aromatic heterocycles. The van der Waals surface area contributed by atoms with Gasteiger partial charge in [0.1, 0.15) is 0 Å². The van der Waals surface area contributed by atoms with Crippen LogP contribution in [0.3, 0.4) is 0 Å². The zero-order chi connectivity index (χ0) is 13.5. The van der Waals surface area contributed by atoms with Crippen LogP contribution in [0.25, 0.3) is 0 Å². The van der Waals surface area contributed by atoms with Crippen LogP contribution < -0.4 is 10.2 Å². The third-order valence-electron chi connectivity index (χ3n) is 4.23. The maximum Gasteiger partial charge on any atom is 0.0366 e. The van der Waals surface area contributed by atoms with Gasteiger partial charge in [-0.25, -0.2) is 0 Å². The minimum Gasteiger partial charge on any atom is -0.372 e. The number of hydrogen-bond acceptors (Lipinski definition) is 2. The Hall–Kier alpha value is -1.02. The van der Waals surface area contributed by atoms with E-state index < -0.39 is 0 Å². The fourth-order valence-electron chi connectivity index (χ4n) is 2.77. The van der Waals surface area contributed by atoms with Crippen LogP contribution in [-0.2, 0) is 6.42 Å². The van der Waals surface area contributed by atoms with Crippen LogP contribution in [0, 0.1) is 5.92 Å². The van der Waals surface area contributed by atoms with Gasteiger partial charge in [0.15, 0.2) is 0 Å². The number of rotatable bonds is 6. The number of piperidine rings is 1. The number of nitrogens with one attached hydrogen (secondary N) is 1. The van der Waals surface area contributed by atoms with Crippen LogP contribution in [0.5, 0.6) is 0 Å². The highest BCUT2D eigenvalue weighted by atomic mass is 15.1. The minimum atomic E-state index is 0.905. The largest absolute Gasteiger partial charge is 0.372 e. The van der Waals surface area contributed by atoms with Crippen LogP contribution >= 0.6 is 0 Å². The Balaban J connectivity index is 1.81. The molecule has 1 fully saturated rings. The average molecular weight is 260 g/mol. The van der Waals surface area contributed by atoms with E-state index in [1.807, 2.05) is 7.05 Å². The van der Waals surface area contributed by atoms with Gasteiger partial charge < -0.3 is 10.2 Å². The quantitative estimate of drug-likeness (QED) is 0.788. The second kappa shape index (κ2) is 7.54. The molecule has 0 saturated carbocycles. The number of unbranched alkanes of at least 4 members (excludes halogenated alkanes) is 1. The maximum absolute atomic E-state index is 3.20. The minimum absolute atomic E-state index is 0.905. The molecule has 106 valence electrons. The average Bonchev–Trinajstić information content (AvgIpc) is 2.45. The third kappa shape index (κ3) is 4.54. The van der Waals surface area contributed by atoms with Crippen LogP contribution in [0.2, 0.25) is 0 Å². The molecule has 1 N–H and O–H groups in total. The summed E-state index contributed by atoms with van der Waals surface area (Å²) in [4.78, 5) is 2.53. The van der Waals surface area contributed by atoms with Gasteiger partial charge in [0.25, 0.3) is 0 Å². The molecular formula is C17H28N2. The summed E-state index contributed by atoms with van der Waals surface area (Å²) in [6, 6.07) is 9.24. The molecule has 0 amide bonds. The van der Waals surface area contributed by atoms with E-state index in [2.05, 4.69) is 41.4 Å². The van der Waals surface area contributed by atoms with Crippen LogP contribution in [0.15, 0.2) is 24.3 Å². The number of aryl methyl sites for hydroxylation is 1. The summed E-state index contributed by atoms with van der Waals surface area (Å²) in [5.41, 5.74) is 2.89. The second-order valence-corrected chi connectivity index (χ2v) is 5.90. The van der Waals surface area contributed by atoms with E-state index >= 15 is 0 Å². The summed E-state index contributed by atoms with van der Waals surface area (Å²) in [6.07, 6.45) is 6.43. The van der Waals surface area contributed by atoms with Crippen molar-refractivity contribution in [3.63, 3.8) is 0 Å². The van der Waals surface area contributed by atoms with Crippen molar-refractivity contribution < 1.29 is 0 Å². The summed E-state index contributed by atoms with van der Waals surface area (Å²) in [5.74, 6) is 0.905. The van der Waals surface area contributed by atoms with Crippen molar-refractivity contribution in [2.45, 2.75) is 39.0 Å². The van der Waals surface area contributed by atoms with Gasteiger partial charge in [0.05, 0.1) is 0 Å². The van der Waals surface area contributed by atoms with Gasteiger partial charge >= 0.3 is 0 Å². The highest BCUT2D eigenvalue weighted by molar-refractivity contribution is 5.47. The molecule has 1 aliphatic rings. The van der Waals surface area contributed by atoms with Gasteiger partial charge in [-0.15, -0.1) is 0 Å². The van der Waals surface area contributed by atoms with Crippen LogP contribution in [0.4, 0.5) is 5.69 Å². The lowest BCUT2D eigenvalue weighted by Crippen LogP contribution is -2.32. The van der Waals surface area contributed by atoms with Gasteiger partial charge in [-0.2, -0.15) is 0 Å². The van der Waals surface area contributed by atoms with Crippen molar-refractivity contribution in [3.05, 3.63) is 29.8 Å².